The Hall–Kier alpha value is -1.48. The van der Waals surface area contributed by atoms with Gasteiger partial charge in [-0.2, -0.15) is 0 Å². The zero-order valence-electron chi connectivity index (χ0n) is 21.0. The van der Waals surface area contributed by atoms with E-state index in [4.69, 9.17) is 28.4 Å². The molecule has 5 rings (SSSR count). The summed E-state index contributed by atoms with van der Waals surface area (Å²) in [5, 5.41) is 0. The molecule has 0 spiro atoms. The first kappa shape index (κ1) is 24.2. The van der Waals surface area contributed by atoms with Crippen molar-refractivity contribution in [3.05, 3.63) is 11.6 Å². The lowest BCUT2D eigenvalue weighted by atomic mass is 9.40. The average molecular weight is 479 g/mol. The fourth-order valence-corrected chi connectivity index (χ4v) is 8.68. The Labute approximate surface area is 201 Å². The maximum atomic E-state index is 13.5. The van der Waals surface area contributed by atoms with Gasteiger partial charge in [-0.25, -0.2) is 4.79 Å². The van der Waals surface area contributed by atoms with E-state index in [0.717, 1.165) is 31.3 Å². The number of hydrogen-bond acceptors (Lipinski definition) is 8. The summed E-state index contributed by atoms with van der Waals surface area (Å²) in [6, 6.07) is 0. The summed E-state index contributed by atoms with van der Waals surface area (Å²) in [6.45, 7) is 7.00. The van der Waals surface area contributed by atoms with E-state index in [0.29, 0.717) is 32.0 Å². The Morgan fingerprint density at radius 2 is 1.94 bits per heavy atom. The normalized spacial score (nSPS) is 47.1. The van der Waals surface area contributed by atoms with Crippen molar-refractivity contribution in [1.29, 1.82) is 0 Å². The molecule has 3 saturated carbocycles. The Morgan fingerprint density at radius 1 is 1.15 bits per heavy atom. The van der Waals surface area contributed by atoms with E-state index >= 15 is 0 Å². The molecular formula is C26H38O8. The molecule has 34 heavy (non-hydrogen) atoms. The van der Waals surface area contributed by atoms with E-state index in [2.05, 4.69) is 6.92 Å². The van der Waals surface area contributed by atoms with Crippen molar-refractivity contribution in [1.82, 2.24) is 0 Å². The van der Waals surface area contributed by atoms with Crippen molar-refractivity contribution in [2.24, 2.45) is 34.5 Å². The highest BCUT2D eigenvalue weighted by Crippen LogP contribution is 2.72. The van der Waals surface area contributed by atoms with Crippen LogP contribution in [0.3, 0.4) is 0 Å². The van der Waals surface area contributed by atoms with Crippen LogP contribution < -0.4 is 0 Å². The van der Waals surface area contributed by atoms with Crippen molar-refractivity contribution in [3.63, 3.8) is 0 Å². The number of methoxy groups -OCH3 is 2. The van der Waals surface area contributed by atoms with Crippen molar-refractivity contribution >= 4 is 11.9 Å². The molecule has 4 fully saturated rings. The summed E-state index contributed by atoms with van der Waals surface area (Å²) in [6.07, 6.45) is 5.12. The first-order chi connectivity index (χ1) is 16.3. The van der Waals surface area contributed by atoms with Gasteiger partial charge in [0.25, 0.3) is 0 Å². The van der Waals surface area contributed by atoms with Gasteiger partial charge in [-0.1, -0.05) is 13.3 Å². The minimum Gasteiger partial charge on any atom is -0.468 e. The van der Waals surface area contributed by atoms with E-state index in [1.54, 1.807) is 13.2 Å². The summed E-state index contributed by atoms with van der Waals surface area (Å²) in [5.41, 5.74) is -0.366. The van der Waals surface area contributed by atoms with Crippen LogP contribution in [0.5, 0.6) is 0 Å². The lowest BCUT2D eigenvalue weighted by Crippen LogP contribution is -2.72. The van der Waals surface area contributed by atoms with Crippen LogP contribution in [0.1, 0.15) is 59.3 Å². The van der Waals surface area contributed by atoms with Gasteiger partial charge in [-0.05, 0) is 63.2 Å². The molecule has 0 aromatic heterocycles. The average Bonchev–Trinajstić information content (AvgIpc) is 3.16. The van der Waals surface area contributed by atoms with Gasteiger partial charge in [0.1, 0.15) is 5.41 Å². The van der Waals surface area contributed by atoms with Crippen molar-refractivity contribution in [2.45, 2.75) is 77.7 Å². The monoisotopic (exact) mass is 478 g/mol. The molecule has 8 nitrogen and oxygen atoms in total. The Balaban J connectivity index is 1.66. The van der Waals surface area contributed by atoms with Gasteiger partial charge in [0.05, 0.1) is 7.11 Å². The number of esters is 2. The smallest absolute Gasteiger partial charge is 0.333 e. The fourth-order valence-electron chi connectivity index (χ4n) is 8.68. The molecule has 3 aliphatic carbocycles. The lowest BCUT2D eigenvalue weighted by molar-refractivity contribution is -0.401. The molecule has 2 heterocycles. The highest BCUT2D eigenvalue weighted by atomic mass is 16.8. The van der Waals surface area contributed by atoms with Crippen LogP contribution in [-0.4, -0.2) is 57.7 Å². The first-order valence-electron chi connectivity index (χ1n) is 12.8. The quantitative estimate of drug-likeness (QED) is 0.535. The van der Waals surface area contributed by atoms with E-state index in [1.165, 1.54) is 7.11 Å². The summed E-state index contributed by atoms with van der Waals surface area (Å²) in [7, 11) is 3.04. The topological polar surface area (TPSA) is 89.5 Å². The maximum absolute atomic E-state index is 13.5. The third kappa shape index (κ3) is 2.98. The number of fused-ring (bicyclic) bond motifs is 2. The predicted octanol–water partition coefficient (Wildman–Crippen LogP) is 3.58. The molecule has 9 atom stereocenters. The molecule has 0 unspecified atom stereocenters. The van der Waals surface area contributed by atoms with Gasteiger partial charge in [0, 0.05) is 43.8 Å². The highest BCUT2D eigenvalue weighted by molar-refractivity contribution is 5.86. The largest absolute Gasteiger partial charge is 0.468 e. The second kappa shape index (κ2) is 8.57. The number of carbonyl (C=O) groups is 2. The summed E-state index contributed by atoms with van der Waals surface area (Å²) in [4.78, 5) is 25.9. The molecule has 0 aromatic rings. The van der Waals surface area contributed by atoms with Crippen molar-refractivity contribution < 1.29 is 38.0 Å². The third-order valence-electron chi connectivity index (χ3n) is 9.65. The van der Waals surface area contributed by atoms with Crippen LogP contribution in [0.15, 0.2) is 11.6 Å². The Bertz CT molecular complexity index is 871. The Morgan fingerprint density at radius 3 is 2.62 bits per heavy atom. The summed E-state index contributed by atoms with van der Waals surface area (Å²) >= 11 is 0. The van der Waals surface area contributed by atoms with Crippen molar-refractivity contribution in [3.8, 4) is 0 Å². The standard InChI is InChI=1S/C26H38O8/c1-6-31-23-24-11-8-12-25(21(28)29-4,22(30-5)33-23)19(24)10-9-16-15(3)17-13-20(27)34-26(17,32-7-2)14-18(16)24/h13,15-16,18-19,22-23H,6-12,14H2,1-5H3/t15-,16+,18+,19-,22-,23-,24-,25+,26-/m1/s1. The molecule has 5 aliphatic rings. The molecule has 2 aliphatic heterocycles. The number of hydrogen-bond donors (Lipinski definition) is 0. The van der Waals surface area contributed by atoms with Gasteiger partial charge in [0.2, 0.25) is 5.79 Å². The van der Waals surface area contributed by atoms with Crippen LogP contribution >= 0.6 is 0 Å². The zero-order valence-corrected chi connectivity index (χ0v) is 21.0. The summed E-state index contributed by atoms with van der Waals surface area (Å²) < 4.78 is 36.2. The van der Waals surface area contributed by atoms with E-state index in [-0.39, 0.29) is 29.7 Å². The SMILES string of the molecule is CCO[C@@H]1O[C@@H](OC)[C@@]2(C(=O)OC)CCC[C@]13[C@H]1C[C@@]4(OCC)OC(=O)C=C4[C@H](C)[C@@H]1CC[C@@H]23. The van der Waals surface area contributed by atoms with Gasteiger partial charge in [0.15, 0.2) is 12.6 Å². The second-order valence-electron chi connectivity index (χ2n) is 10.6. The van der Waals surface area contributed by atoms with Gasteiger partial charge in [-0.3, -0.25) is 4.79 Å². The maximum Gasteiger partial charge on any atom is 0.333 e. The zero-order chi connectivity index (χ0) is 24.3. The molecule has 0 radical (unpaired) electrons. The van der Waals surface area contributed by atoms with Gasteiger partial charge < -0.3 is 28.4 Å². The first-order valence-corrected chi connectivity index (χ1v) is 12.8. The number of carbonyl (C=O) groups excluding carboxylic acids is 2. The van der Waals surface area contributed by atoms with Crippen LogP contribution in [0.2, 0.25) is 0 Å². The van der Waals surface area contributed by atoms with Crippen LogP contribution in [0.4, 0.5) is 0 Å². The molecule has 190 valence electrons. The minimum atomic E-state index is -1.05. The fraction of sp³-hybridized carbons (Fsp3) is 0.846. The molecule has 2 bridgehead atoms. The highest BCUT2D eigenvalue weighted by Gasteiger charge is 2.75. The molecular weight excluding hydrogens is 440 g/mol. The Kier molecular flexibility index (Phi) is 6.11. The molecule has 0 aromatic carbocycles. The molecule has 0 N–H and O–H groups in total. The molecule has 8 heteroatoms. The number of rotatable bonds is 6. The van der Waals surface area contributed by atoms with Crippen LogP contribution in [0, 0.1) is 34.5 Å². The lowest BCUT2D eigenvalue weighted by Gasteiger charge is -2.68. The van der Waals surface area contributed by atoms with E-state index in [9.17, 15) is 9.59 Å². The number of ether oxygens (including phenoxy) is 6. The van der Waals surface area contributed by atoms with Crippen LogP contribution in [0.25, 0.3) is 0 Å². The minimum absolute atomic E-state index is 0.0220. The second-order valence-corrected chi connectivity index (χ2v) is 10.6. The van der Waals surface area contributed by atoms with E-state index in [1.807, 2.05) is 13.8 Å². The predicted molar refractivity (Wildman–Crippen MR) is 120 cm³/mol. The third-order valence-corrected chi connectivity index (χ3v) is 9.65. The van der Waals surface area contributed by atoms with E-state index < -0.39 is 29.2 Å². The summed E-state index contributed by atoms with van der Waals surface area (Å²) in [5.74, 6) is -1.16. The van der Waals surface area contributed by atoms with Gasteiger partial charge >= 0.3 is 11.9 Å². The van der Waals surface area contributed by atoms with Crippen LogP contribution in [-0.2, 0) is 38.0 Å². The molecule has 0 amide bonds. The molecule has 1 saturated heterocycles. The van der Waals surface area contributed by atoms with Crippen molar-refractivity contribution in [2.75, 3.05) is 27.4 Å². The van der Waals surface area contributed by atoms with Gasteiger partial charge in [-0.15, -0.1) is 0 Å².